The third-order valence-corrected chi connectivity index (χ3v) is 3.89. The Kier molecular flexibility index (Phi) is 5.21. The number of Topliss-reactive ketones (excluding diaryl/α,β-unsaturated/α-hetero) is 1. The Hall–Kier alpha value is -1.58. The number of nitrogens with zero attached hydrogens (tertiary/aromatic N) is 1. The van der Waals surface area contributed by atoms with Crippen molar-refractivity contribution in [2.75, 3.05) is 18.0 Å². The molecule has 0 amide bonds. The molecule has 0 fully saturated rings. The summed E-state index contributed by atoms with van der Waals surface area (Å²) in [6, 6.07) is 11.1. The number of rotatable bonds is 5. The summed E-state index contributed by atoms with van der Waals surface area (Å²) in [6.45, 7) is 2.47. The minimum absolute atomic E-state index is 0.0788. The van der Waals surface area contributed by atoms with Gasteiger partial charge < -0.3 is 4.90 Å². The van der Waals surface area contributed by atoms with Crippen molar-refractivity contribution in [3.8, 4) is 0 Å². The predicted molar refractivity (Wildman–Crippen MR) is 85.1 cm³/mol. The van der Waals surface area contributed by atoms with Gasteiger partial charge >= 0.3 is 0 Å². The molecule has 0 spiro atoms. The van der Waals surface area contributed by atoms with E-state index < -0.39 is 0 Å². The summed E-state index contributed by atoms with van der Waals surface area (Å²) in [5.41, 5.74) is 0.868. The van der Waals surface area contributed by atoms with Crippen LogP contribution in [-0.4, -0.2) is 18.9 Å². The van der Waals surface area contributed by atoms with E-state index in [9.17, 15) is 9.18 Å². The number of carbonyl (C=O) groups is 1. The monoisotopic (exact) mass is 325 g/mol. The van der Waals surface area contributed by atoms with Gasteiger partial charge in [0.1, 0.15) is 5.82 Å². The van der Waals surface area contributed by atoms with E-state index in [1.165, 1.54) is 12.1 Å². The van der Waals surface area contributed by atoms with Gasteiger partial charge in [0.2, 0.25) is 0 Å². The number of anilines is 1. The van der Waals surface area contributed by atoms with E-state index in [4.69, 9.17) is 23.2 Å². The Bertz CT molecular complexity index is 660. The second-order valence-electron chi connectivity index (χ2n) is 4.52. The number of para-hydroxylation sites is 1. The molecular formula is C16H14Cl2FNO. The lowest BCUT2D eigenvalue weighted by Crippen LogP contribution is -2.30. The van der Waals surface area contributed by atoms with Crippen LogP contribution in [0, 0.1) is 5.82 Å². The SMILES string of the molecule is CCN(CC(=O)c1ccc(Cl)c(Cl)c1)c1ccccc1F. The molecule has 0 heterocycles. The smallest absolute Gasteiger partial charge is 0.182 e. The summed E-state index contributed by atoms with van der Waals surface area (Å²) in [5.74, 6) is -0.486. The Morgan fingerprint density at radius 1 is 1.14 bits per heavy atom. The molecule has 0 N–H and O–H groups in total. The van der Waals surface area contributed by atoms with Crippen molar-refractivity contribution < 1.29 is 9.18 Å². The molecule has 110 valence electrons. The number of hydrogen-bond donors (Lipinski definition) is 0. The number of ketones is 1. The van der Waals surface area contributed by atoms with Crippen LogP contribution in [0.15, 0.2) is 42.5 Å². The third kappa shape index (κ3) is 3.74. The van der Waals surface area contributed by atoms with Gasteiger partial charge in [0.05, 0.1) is 22.3 Å². The number of benzene rings is 2. The van der Waals surface area contributed by atoms with Crippen LogP contribution in [0.5, 0.6) is 0 Å². The van der Waals surface area contributed by atoms with Crippen molar-refractivity contribution in [3.05, 3.63) is 63.9 Å². The molecule has 0 aliphatic heterocycles. The van der Waals surface area contributed by atoms with Gasteiger partial charge in [-0.25, -0.2) is 4.39 Å². The van der Waals surface area contributed by atoms with Crippen LogP contribution < -0.4 is 4.90 Å². The number of hydrogen-bond acceptors (Lipinski definition) is 2. The summed E-state index contributed by atoms with van der Waals surface area (Å²) in [7, 11) is 0. The van der Waals surface area contributed by atoms with E-state index in [1.54, 1.807) is 35.2 Å². The van der Waals surface area contributed by atoms with Gasteiger partial charge in [-0.1, -0.05) is 35.3 Å². The highest BCUT2D eigenvalue weighted by Gasteiger charge is 2.15. The molecule has 0 aliphatic rings. The van der Waals surface area contributed by atoms with Gasteiger partial charge in [-0.05, 0) is 37.3 Å². The van der Waals surface area contributed by atoms with Gasteiger partial charge in [0.25, 0.3) is 0 Å². The molecule has 21 heavy (non-hydrogen) atoms. The summed E-state index contributed by atoms with van der Waals surface area (Å²) < 4.78 is 13.8. The highest BCUT2D eigenvalue weighted by atomic mass is 35.5. The molecule has 0 saturated carbocycles. The molecule has 0 unspecified atom stereocenters. The number of carbonyl (C=O) groups excluding carboxylic acids is 1. The average Bonchev–Trinajstić information content (AvgIpc) is 2.48. The van der Waals surface area contributed by atoms with Crippen LogP contribution in [0.3, 0.4) is 0 Å². The van der Waals surface area contributed by atoms with E-state index in [0.29, 0.717) is 27.8 Å². The second-order valence-corrected chi connectivity index (χ2v) is 5.33. The van der Waals surface area contributed by atoms with Crippen molar-refractivity contribution in [3.63, 3.8) is 0 Å². The molecule has 2 rings (SSSR count). The van der Waals surface area contributed by atoms with E-state index in [1.807, 2.05) is 6.92 Å². The van der Waals surface area contributed by atoms with Gasteiger partial charge in [-0.2, -0.15) is 0 Å². The van der Waals surface area contributed by atoms with Crippen LogP contribution in [0.25, 0.3) is 0 Å². The maximum absolute atomic E-state index is 13.8. The third-order valence-electron chi connectivity index (χ3n) is 3.15. The molecule has 2 aromatic carbocycles. The zero-order chi connectivity index (χ0) is 15.4. The summed E-state index contributed by atoms with van der Waals surface area (Å²) in [5, 5.41) is 0.728. The average molecular weight is 326 g/mol. The van der Waals surface area contributed by atoms with Gasteiger partial charge in [0.15, 0.2) is 5.78 Å². The van der Waals surface area contributed by atoms with Crippen molar-refractivity contribution in [2.24, 2.45) is 0 Å². The maximum Gasteiger partial charge on any atom is 0.182 e. The van der Waals surface area contributed by atoms with E-state index in [-0.39, 0.29) is 18.1 Å². The summed E-state index contributed by atoms with van der Waals surface area (Å²) in [4.78, 5) is 14.0. The first-order chi connectivity index (χ1) is 10.0. The Labute approximate surface area is 133 Å². The van der Waals surface area contributed by atoms with Gasteiger partial charge in [-0.3, -0.25) is 4.79 Å². The summed E-state index contributed by atoms with van der Waals surface area (Å²) in [6.07, 6.45) is 0. The number of likely N-dealkylation sites (N-methyl/N-ethyl adjacent to an activating group) is 1. The standard InChI is InChI=1S/C16H14Cl2FNO/c1-2-20(15-6-4-3-5-14(15)19)10-16(21)11-7-8-12(17)13(18)9-11/h3-9H,2,10H2,1H3. The molecule has 2 nitrogen and oxygen atoms in total. The maximum atomic E-state index is 13.8. The van der Waals surface area contributed by atoms with Gasteiger partial charge in [-0.15, -0.1) is 0 Å². The summed E-state index contributed by atoms with van der Waals surface area (Å²) >= 11 is 11.7. The Morgan fingerprint density at radius 2 is 1.86 bits per heavy atom. The topological polar surface area (TPSA) is 20.3 Å². The van der Waals surface area contributed by atoms with E-state index >= 15 is 0 Å². The quantitative estimate of drug-likeness (QED) is 0.733. The van der Waals surface area contributed by atoms with E-state index in [2.05, 4.69) is 0 Å². The lowest BCUT2D eigenvalue weighted by atomic mass is 10.1. The van der Waals surface area contributed by atoms with Crippen molar-refractivity contribution in [1.29, 1.82) is 0 Å². The second kappa shape index (κ2) is 6.92. The zero-order valence-corrected chi connectivity index (χ0v) is 13.0. The Morgan fingerprint density at radius 3 is 2.48 bits per heavy atom. The number of halogens is 3. The predicted octanol–water partition coefficient (Wildman–Crippen LogP) is 4.84. The molecule has 0 atom stereocenters. The van der Waals surface area contributed by atoms with Crippen molar-refractivity contribution in [2.45, 2.75) is 6.92 Å². The van der Waals surface area contributed by atoms with Crippen LogP contribution in [0.1, 0.15) is 17.3 Å². The van der Waals surface area contributed by atoms with Crippen LogP contribution in [0.2, 0.25) is 10.0 Å². The van der Waals surface area contributed by atoms with Crippen LogP contribution >= 0.6 is 23.2 Å². The van der Waals surface area contributed by atoms with Crippen molar-refractivity contribution >= 4 is 34.7 Å². The van der Waals surface area contributed by atoms with Crippen LogP contribution in [-0.2, 0) is 0 Å². The highest BCUT2D eigenvalue weighted by Crippen LogP contribution is 2.24. The first-order valence-electron chi connectivity index (χ1n) is 6.50. The van der Waals surface area contributed by atoms with Gasteiger partial charge in [0, 0.05) is 12.1 Å². The molecule has 0 radical (unpaired) electrons. The van der Waals surface area contributed by atoms with Crippen LogP contribution in [0.4, 0.5) is 10.1 Å². The fraction of sp³-hybridized carbons (Fsp3) is 0.188. The minimum atomic E-state index is -0.346. The minimum Gasteiger partial charge on any atom is -0.362 e. The fourth-order valence-electron chi connectivity index (χ4n) is 2.01. The zero-order valence-electron chi connectivity index (χ0n) is 11.4. The highest BCUT2D eigenvalue weighted by molar-refractivity contribution is 6.42. The molecule has 0 aliphatic carbocycles. The first kappa shape index (κ1) is 15.8. The lowest BCUT2D eigenvalue weighted by Gasteiger charge is -2.22. The lowest BCUT2D eigenvalue weighted by molar-refractivity contribution is 0.0999. The van der Waals surface area contributed by atoms with Crippen molar-refractivity contribution in [1.82, 2.24) is 0 Å². The van der Waals surface area contributed by atoms with E-state index in [0.717, 1.165) is 0 Å². The molecule has 2 aromatic rings. The molecule has 0 bridgehead atoms. The molecular weight excluding hydrogens is 312 g/mol. The molecule has 0 saturated heterocycles. The Balaban J connectivity index is 2.20. The first-order valence-corrected chi connectivity index (χ1v) is 7.26. The normalized spacial score (nSPS) is 10.5. The largest absolute Gasteiger partial charge is 0.362 e. The molecule has 5 heteroatoms. The molecule has 0 aromatic heterocycles. The fourth-order valence-corrected chi connectivity index (χ4v) is 2.31.